The van der Waals surface area contributed by atoms with E-state index in [9.17, 15) is 23.6 Å². The second-order valence-electron chi connectivity index (χ2n) is 4.47. The lowest BCUT2D eigenvalue weighted by atomic mass is 10.2. The summed E-state index contributed by atoms with van der Waals surface area (Å²) in [5, 5.41) is 20.4. The van der Waals surface area contributed by atoms with Gasteiger partial charge in [0.05, 0.1) is 22.1 Å². The van der Waals surface area contributed by atoms with E-state index in [0.29, 0.717) is 12.4 Å². The fourth-order valence-corrected chi connectivity index (χ4v) is 2.87. The summed E-state index contributed by atoms with van der Waals surface area (Å²) in [5.41, 5.74) is -0.611. The zero-order chi connectivity index (χ0) is 17.0. The maximum atomic E-state index is 12.3. The van der Waals surface area contributed by atoms with Crippen LogP contribution < -0.4 is 9.46 Å². The number of benzene rings is 2. The van der Waals surface area contributed by atoms with Crippen molar-refractivity contribution in [2.24, 2.45) is 0 Å². The van der Waals surface area contributed by atoms with E-state index < -0.39 is 20.7 Å². The molecule has 0 saturated carbocycles. The minimum atomic E-state index is -4.00. The second-order valence-corrected chi connectivity index (χ2v) is 6.15. The van der Waals surface area contributed by atoms with Crippen molar-refractivity contribution >= 4 is 21.4 Å². The Kier molecular flexibility index (Phi) is 4.70. The van der Waals surface area contributed by atoms with Crippen LogP contribution in [-0.4, -0.2) is 25.1 Å². The summed E-state index contributed by atoms with van der Waals surface area (Å²) in [4.78, 5) is 9.98. The fourth-order valence-electron chi connectivity index (χ4n) is 1.80. The van der Waals surface area contributed by atoms with Crippen LogP contribution in [0.25, 0.3) is 0 Å². The minimum Gasteiger partial charge on any atom is -0.506 e. The van der Waals surface area contributed by atoms with Crippen LogP contribution in [0, 0.1) is 10.1 Å². The van der Waals surface area contributed by atoms with E-state index in [4.69, 9.17) is 4.74 Å². The van der Waals surface area contributed by atoms with Gasteiger partial charge in [0.2, 0.25) is 0 Å². The molecule has 0 fully saturated rings. The van der Waals surface area contributed by atoms with E-state index in [2.05, 4.69) is 4.72 Å². The Morgan fingerprint density at radius 3 is 2.43 bits per heavy atom. The zero-order valence-electron chi connectivity index (χ0n) is 12.1. The summed E-state index contributed by atoms with van der Waals surface area (Å²) in [6.07, 6.45) is 0. The first-order valence-electron chi connectivity index (χ1n) is 6.56. The Hall–Kier alpha value is -2.81. The monoisotopic (exact) mass is 338 g/mol. The molecule has 23 heavy (non-hydrogen) atoms. The molecule has 2 aromatic rings. The van der Waals surface area contributed by atoms with Gasteiger partial charge in [0.1, 0.15) is 11.5 Å². The van der Waals surface area contributed by atoms with Gasteiger partial charge in [-0.3, -0.25) is 14.8 Å². The van der Waals surface area contributed by atoms with Crippen molar-refractivity contribution < 1.29 is 23.2 Å². The predicted octanol–water partition coefficient (Wildman–Crippen LogP) is 2.50. The molecule has 0 aliphatic heterocycles. The standard InChI is InChI=1S/C14H14N2O6S/c1-2-22-11-4-6-12(7-5-11)23(20,21)15-13-9-10(16(18)19)3-8-14(13)17/h3-9,15,17H,2H2,1H3. The second kappa shape index (κ2) is 6.53. The lowest BCUT2D eigenvalue weighted by molar-refractivity contribution is -0.384. The van der Waals surface area contributed by atoms with E-state index in [1.807, 2.05) is 0 Å². The van der Waals surface area contributed by atoms with Gasteiger partial charge in [0, 0.05) is 12.1 Å². The molecule has 2 aromatic carbocycles. The molecule has 0 bridgehead atoms. The Balaban J connectivity index is 2.30. The zero-order valence-corrected chi connectivity index (χ0v) is 12.9. The van der Waals surface area contributed by atoms with Gasteiger partial charge in [-0.15, -0.1) is 0 Å². The number of nitro groups is 1. The predicted molar refractivity (Wildman–Crippen MR) is 83.2 cm³/mol. The molecule has 9 heteroatoms. The highest BCUT2D eigenvalue weighted by Crippen LogP contribution is 2.30. The third kappa shape index (κ3) is 3.89. The molecule has 2 rings (SSSR count). The van der Waals surface area contributed by atoms with Gasteiger partial charge >= 0.3 is 0 Å². The maximum Gasteiger partial charge on any atom is 0.271 e. The van der Waals surface area contributed by atoms with Crippen LogP contribution >= 0.6 is 0 Å². The molecule has 0 saturated heterocycles. The molecule has 0 aliphatic carbocycles. The van der Waals surface area contributed by atoms with Gasteiger partial charge in [-0.25, -0.2) is 8.42 Å². The molecular weight excluding hydrogens is 324 g/mol. The molecule has 0 spiro atoms. The fraction of sp³-hybridized carbons (Fsp3) is 0.143. The number of nitrogens with one attached hydrogen (secondary N) is 1. The lowest BCUT2D eigenvalue weighted by Gasteiger charge is -2.10. The minimum absolute atomic E-state index is 0.0631. The Labute approximate surface area is 132 Å². The molecule has 0 amide bonds. The first-order valence-corrected chi connectivity index (χ1v) is 8.05. The topological polar surface area (TPSA) is 119 Å². The number of aromatic hydroxyl groups is 1. The number of ether oxygens (including phenoxy) is 1. The molecule has 0 unspecified atom stereocenters. The highest BCUT2D eigenvalue weighted by molar-refractivity contribution is 7.92. The van der Waals surface area contributed by atoms with Crippen LogP contribution in [0.1, 0.15) is 6.92 Å². The Morgan fingerprint density at radius 2 is 1.87 bits per heavy atom. The molecule has 0 radical (unpaired) electrons. The number of hydrogen-bond acceptors (Lipinski definition) is 6. The smallest absolute Gasteiger partial charge is 0.271 e. The van der Waals surface area contributed by atoms with Crippen LogP contribution in [0.4, 0.5) is 11.4 Å². The van der Waals surface area contributed by atoms with E-state index in [-0.39, 0.29) is 16.3 Å². The van der Waals surface area contributed by atoms with Crippen molar-refractivity contribution in [1.82, 2.24) is 0 Å². The van der Waals surface area contributed by atoms with Crippen LogP contribution in [0.3, 0.4) is 0 Å². The maximum absolute atomic E-state index is 12.3. The lowest BCUT2D eigenvalue weighted by Crippen LogP contribution is -2.13. The molecule has 122 valence electrons. The van der Waals surface area contributed by atoms with Crippen LogP contribution in [0.15, 0.2) is 47.4 Å². The Bertz CT molecular complexity index is 818. The normalized spacial score (nSPS) is 11.0. The van der Waals surface area contributed by atoms with E-state index >= 15 is 0 Å². The molecular formula is C14H14N2O6S. The molecule has 0 heterocycles. The number of hydrogen-bond donors (Lipinski definition) is 2. The first-order chi connectivity index (χ1) is 10.8. The first kappa shape index (κ1) is 16.6. The summed E-state index contributed by atoms with van der Waals surface area (Å²) in [7, 11) is -4.00. The largest absolute Gasteiger partial charge is 0.506 e. The summed E-state index contributed by atoms with van der Waals surface area (Å²) < 4.78 is 31.9. The quantitative estimate of drug-likeness (QED) is 0.474. The van der Waals surface area contributed by atoms with Gasteiger partial charge in [-0.1, -0.05) is 0 Å². The summed E-state index contributed by atoms with van der Waals surface area (Å²) >= 11 is 0. The number of sulfonamides is 1. The van der Waals surface area contributed by atoms with Gasteiger partial charge in [0.15, 0.2) is 0 Å². The number of anilines is 1. The molecule has 2 N–H and O–H groups in total. The van der Waals surface area contributed by atoms with Crippen molar-refractivity contribution in [2.75, 3.05) is 11.3 Å². The van der Waals surface area contributed by atoms with E-state index in [0.717, 1.165) is 18.2 Å². The molecule has 0 aromatic heterocycles. The van der Waals surface area contributed by atoms with Gasteiger partial charge in [0.25, 0.3) is 15.7 Å². The summed E-state index contributed by atoms with van der Waals surface area (Å²) in [6, 6.07) is 8.72. The van der Waals surface area contributed by atoms with Crippen LogP contribution in [0.2, 0.25) is 0 Å². The van der Waals surface area contributed by atoms with Crippen LogP contribution in [0.5, 0.6) is 11.5 Å². The number of phenols is 1. The molecule has 0 atom stereocenters. The number of nitrogens with zero attached hydrogens (tertiary/aromatic N) is 1. The molecule has 0 aliphatic rings. The average Bonchev–Trinajstić information content (AvgIpc) is 2.50. The van der Waals surface area contributed by atoms with Crippen molar-refractivity contribution in [3.63, 3.8) is 0 Å². The third-order valence-corrected chi connectivity index (χ3v) is 4.26. The van der Waals surface area contributed by atoms with Crippen LogP contribution in [-0.2, 0) is 10.0 Å². The summed E-state index contributed by atoms with van der Waals surface area (Å²) in [6.45, 7) is 2.25. The van der Waals surface area contributed by atoms with Crippen molar-refractivity contribution in [1.29, 1.82) is 0 Å². The Morgan fingerprint density at radius 1 is 1.22 bits per heavy atom. The number of rotatable bonds is 6. The SMILES string of the molecule is CCOc1ccc(S(=O)(=O)Nc2cc([N+](=O)[O-])ccc2O)cc1. The van der Waals surface area contributed by atoms with Crippen molar-refractivity contribution in [3.05, 3.63) is 52.6 Å². The highest BCUT2D eigenvalue weighted by atomic mass is 32.2. The highest BCUT2D eigenvalue weighted by Gasteiger charge is 2.18. The number of non-ortho nitro benzene ring substituents is 1. The van der Waals surface area contributed by atoms with Gasteiger partial charge in [-0.05, 0) is 37.3 Å². The van der Waals surface area contributed by atoms with E-state index in [1.54, 1.807) is 6.92 Å². The number of nitro benzene ring substituents is 1. The summed E-state index contributed by atoms with van der Waals surface area (Å²) in [5.74, 6) is 0.106. The van der Waals surface area contributed by atoms with Gasteiger partial charge in [-0.2, -0.15) is 0 Å². The van der Waals surface area contributed by atoms with Gasteiger partial charge < -0.3 is 9.84 Å². The molecule has 8 nitrogen and oxygen atoms in total. The number of phenolic OH excluding ortho intramolecular Hbond substituents is 1. The van der Waals surface area contributed by atoms with Crippen molar-refractivity contribution in [3.8, 4) is 11.5 Å². The average molecular weight is 338 g/mol. The van der Waals surface area contributed by atoms with Crippen molar-refractivity contribution in [2.45, 2.75) is 11.8 Å². The third-order valence-electron chi connectivity index (χ3n) is 2.88. The van der Waals surface area contributed by atoms with E-state index in [1.165, 1.54) is 24.3 Å².